The van der Waals surface area contributed by atoms with Crippen molar-refractivity contribution in [2.45, 2.75) is 56.2 Å². The Morgan fingerprint density at radius 3 is 2.54 bits per heavy atom. The molecule has 1 aromatic rings. The third-order valence-electron chi connectivity index (χ3n) is 5.55. The Labute approximate surface area is 204 Å². The van der Waals surface area contributed by atoms with E-state index in [1.807, 2.05) is 0 Å². The Balaban J connectivity index is 2.10. The van der Waals surface area contributed by atoms with E-state index in [2.05, 4.69) is 6.58 Å². The van der Waals surface area contributed by atoms with Gasteiger partial charge in [-0.15, -0.1) is 6.58 Å². The number of carbonyl (C=O) groups excluding carboxylic acids is 1. The lowest BCUT2D eigenvalue weighted by Gasteiger charge is -2.41. The number of carbonyl (C=O) groups is 1. The highest BCUT2D eigenvalue weighted by Gasteiger charge is 2.47. The molecular weight excluding hydrogens is 478 g/mol. The highest BCUT2D eigenvalue weighted by molar-refractivity contribution is 7.89. The summed E-state index contributed by atoms with van der Waals surface area (Å²) in [6, 6.07) is 3.31. The number of hydroxylamine groups is 1. The fraction of sp³-hybridized carbons (Fsp3) is 0.522. The molecule has 0 saturated heterocycles. The zero-order chi connectivity index (χ0) is 26.0. The second-order valence-corrected chi connectivity index (χ2v) is 11.2. The maximum Gasteiger partial charge on any atom is 0.410 e. The summed E-state index contributed by atoms with van der Waals surface area (Å²) in [6.45, 7) is 7.92. The smallest absolute Gasteiger partial charge is 0.410 e. The van der Waals surface area contributed by atoms with Gasteiger partial charge in [0.2, 0.25) is 0 Å². The Bertz CT molecular complexity index is 1110. The Hall–Kier alpha value is -2.80. The van der Waals surface area contributed by atoms with Gasteiger partial charge < -0.3 is 9.84 Å². The van der Waals surface area contributed by atoms with Gasteiger partial charge in [-0.3, -0.25) is 19.9 Å². The molecule has 1 N–H and O–H groups in total. The summed E-state index contributed by atoms with van der Waals surface area (Å²) >= 11 is 0. The number of nitro benzene ring substituents is 1. The van der Waals surface area contributed by atoms with E-state index in [0.717, 1.165) is 29.4 Å². The second kappa shape index (κ2) is 10.4. The molecule has 1 heterocycles. The summed E-state index contributed by atoms with van der Waals surface area (Å²) in [5.41, 5.74) is -0.720. The number of ether oxygens (including phenoxy) is 1. The number of hydrogen-bond donors (Lipinski definition) is 1. The number of para-hydroxylation sites is 1. The van der Waals surface area contributed by atoms with E-state index in [9.17, 15) is 28.4 Å². The molecular formula is C23H31N3O8S. The summed E-state index contributed by atoms with van der Waals surface area (Å²) in [7, 11) is -4.56. The molecule has 0 bridgehead atoms. The van der Waals surface area contributed by atoms with Crippen LogP contribution in [0.3, 0.4) is 0 Å². The molecule has 2 aliphatic rings. The van der Waals surface area contributed by atoms with Crippen LogP contribution in [0.4, 0.5) is 10.5 Å². The van der Waals surface area contributed by atoms with Crippen LogP contribution < -0.4 is 0 Å². The molecule has 0 radical (unpaired) electrons. The van der Waals surface area contributed by atoms with E-state index in [1.165, 1.54) is 23.1 Å². The van der Waals surface area contributed by atoms with Crippen molar-refractivity contribution in [3.05, 3.63) is 58.7 Å². The number of aliphatic hydroxyl groups excluding tert-OH is 1. The number of nitrogens with zero attached hydrogens (tertiary/aromatic N) is 3. The minimum Gasteiger partial charge on any atom is -0.444 e. The monoisotopic (exact) mass is 509 g/mol. The lowest BCUT2D eigenvalue weighted by molar-refractivity contribution is -0.388. The van der Waals surface area contributed by atoms with Crippen LogP contribution in [0.1, 0.15) is 33.6 Å². The Morgan fingerprint density at radius 2 is 2.00 bits per heavy atom. The number of aliphatic hydroxyl groups is 1. The lowest BCUT2D eigenvalue weighted by atomic mass is 9.95. The van der Waals surface area contributed by atoms with Crippen molar-refractivity contribution < 1.29 is 32.8 Å². The summed E-state index contributed by atoms with van der Waals surface area (Å²) in [6.07, 6.45) is 3.93. The van der Waals surface area contributed by atoms with Crippen LogP contribution in [0, 0.1) is 16.0 Å². The quantitative estimate of drug-likeness (QED) is 0.304. The number of amides is 1. The van der Waals surface area contributed by atoms with Gasteiger partial charge in [0, 0.05) is 12.6 Å². The number of benzene rings is 1. The molecule has 0 spiro atoms. The van der Waals surface area contributed by atoms with Crippen molar-refractivity contribution >= 4 is 21.8 Å². The van der Waals surface area contributed by atoms with Crippen LogP contribution in [0.2, 0.25) is 0 Å². The first-order valence-electron chi connectivity index (χ1n) is 11.2. The number of rotatable bonds is 9. The van der Waals surface area contributed by atoms with Gasteiger partial charge in [0.05, 0.1) is 30.2 Å². The maximum atomic E-state index is 13.8. The molecule has 1 amide bonds. The maximum absolute atomic E-state index is 13.8. The van der Waals surface area contributed by atoms with Crippen LogP contribution in [-0.2, 0) is 19.6 Å². The fourth-order valence-corrected chi connectivity index (χ4v) is 5.50. The van der Waals surface area contributed by atoms with Gasteiger partial charge in [0.1, 0.15) is 5.60 Å². The molecule has 1 aromatic carbocycles. The zero-order valence-electron chi connectivity index (χ0n) is 20.0. The number of sulfonamides is 1. The molecule has 12 heteroatoms. The second-order valence-electron chi connectivity index (χ2n) is 9.41. The van der Waals surface area contributed by atoms with Crippen LogP contribution >= 0.6 is 0 Å². The Kier molecular flexibility index (Phi) is 8.00. The molecule has 0 aromatic heterocycles. The van der Waals surface area contributed by atoms with Crippen molar-refractivity contribution in [3.8, 4) is 0 Å². The molecule has 0 unspecified atom stereocenters. The summed E-state index contributed by atoms with van der Waals surface area (Å²) in [5.74, 6) is 0.0469. The first kappa shape index (κ1) is 26.8. The average molecular weight is 510 g/mol. The highest BCUT2D eigenvalue weighted by atomic mass is 32.2. The van der Waals surface area contributed by atoms with Gasteiger partial charge >= 0.3 is 6.09 Å². The molecule has 3 rings (SSSR count). The highest BCUT2D eigenvalue weighted by Crippen LogP contribution is 2.43. The molecule has 1 aliphatic heterocycles. The van der Waals surface area contributed by atoms with Crippen molar-refractivity contribution in [3.63, 3.8) is 0 Å². The van der Waals surface area contributed by atoms with E-state index in [-0.39, 0.29) is 25.7 Å². The predicted molar refractivity (Wildman–Crippen MR) is 127 cm³/mol. The molecule has 1 aliphatic carbocycles. The molecule has 2 atom stereocenters. The van der Waals surface area contributed by atoms with Gasteiger partial charge in [0.15, 0.2) is 4.90 Å². The van der Waals surface area contributed by atoms with Crippen LogP contribution in [0.25, 0.3) is 0 Å². The molecule has 1 saturated carbocycles. The van der Waals surface area contributed by atoms with Gasteiger partial charge in [0.25, 0.3) is 15.7 Å². The lowest BCUT2D eigenvalue weighted by Crippen LogP contribution is -2.56. The van der Waals surface area contributed by atoms with Gasteiger partial charge in [-0.05, 0) is 51.2 Å². The van der Waals surface area contributed by atoms with E-state index < -0.39 is 49.3 Å². The number of nitro groups is 1. The number of hydrogen-bond acceptors (Lipinski definition) is 8. The summed E-state index contributed by atoms with van der Waals surface area (Å²) in [4.78, 5) is 30.1. The van der Waals surface area contributed by atoms with E-state index in [4.69, 9.17) is 9.57 Å². The first-order valence-corrected chi connectivity index (χ1v) is 12.7. The normalized spacial score (nSPS) is 20.9. The minimum absolute atomic E-state index is 0.0469. The molecule has 35 heavy (non-hydrogen) atoms. The van der Waals surface area contributed by atoms with Crippen molar-refractivity contribution in [2.24, 2.45) is 5.92 Å². The zero-order valence-corrected chi connectivity index (χ0v) is 20.8. The fourth-order valence-electron chi connectivity index (χ4n) is 3.92. The van der Waals surface area contributed by atoms with Crippen molar-refractivity contribution in [1.82, 2.24) is 9.37 Å². The van der Waals surface area contributed by atoms with Crippen LogP contribution in [0.5, 0.6) is 0 Å². The van der Waals surface area contributed by atoms with Gasteiger partial charge in [-0.25, -0.2) is 13.2 Å². The first-order chi connectivity index (χ1) is 16.4. The van der Waals surface area contributed by atoms with Crippen molar-refractivity contribution in [1.29, 1.82) is 0 Å². The van der Waals surface area contributed by atoms with Gasteiger partial charge in [-0.2, -0.15) is 0 Å². The summed E-state index contributed by atoms with van der Waals surface area (Å²) in [5, 5.41) is 21.6. The third-order valence-corrected chi connectivity index (χ3v) is 7.29. The van der Waals surface area contributed by atoms with E-state index >= 15 is 0 Å². The van der Waals surface area contributed by atoms with Gasteiger partial charge in [-0.1, -0.05) is 28.8 Å². The van der Waals surface area contributed by atoms with E-state index in [0.29, 0.717) is 5.57 Å². The minimum atomic E-state index is -4.56. The predicted octanol–water partition coefficient (Wildman–Crippen LogP) is 3.02. The molecule has 11 nitrogen and oxygen atoms in total. The molecule has 1 fully saturated rings. The standard InChI is InChI=1S/C23H31N3O8S/c1-5-12-33-26(35(31,32)21-9-7-6-8-19(21)25(29)30)20-14-24(22(28)34-23(2,3)4)17(15-27)13-18(20)16-10-11-16/h5-9,13,16-17,20,27H,1,10-12,14-15H2,2-4H3/t17-,20+/m1/s1. The SMILES string of the molecule is C=CCON([C@H]1CN(C(=O)OC(C)(C)C)[C@@H](CO)C=C1C1CC1)S(=O)(=O)c1ccccc1[N+](=O)[O-]. The third kappa shape index (κ3) is 6.07. The van der Waals surface area contributed by atoms with Crippen LogP contribution in [-0.4, -0.2) is 71.4 Å². The topological polar surface area (TPSA) is 140 Å². The largest absolute Gasteiger partial charge is 0.444 e. The van der Waals surface area contributed by atoms with Crippen LogP contribution in [0.15, 0.2) is 53.5 Å². The average Bonchev–Trinajstić information content (AvgIpc) is 3.63. The summed E-state index contributed by atoms with van der Waals surface area (Å²) < 4.78 is 33.7. The van der Waals surface area contributed by atoms with Crippen molar-refractivity contribution in [2.75, 3.05) is 19.8 Å². The molecule has 192 valence electrons. The van der Waals surface area contributed by atoms with E-state index in [1.54, 1.807) is 26.8 Å². The Morgan fingerprint density at radius 1 is 1.34 bits per heavy atom.